The summed E-state index contributed by atoms with van der Waals surface area (Å²) in [6.45, 7) is 6.70. The minimum atomic E-state index is 0.170. The number of rotatable bonds is 2. The molecule has 0 saturated heterocycles. The van der Waals surface area contributed by atoms with Crippen LogP contribution in [0, 0.1) is 0 Å². The Morgan fingerprint density at radius 1 is 0.920 bits per heavy atom. The summed E-state index contributed by atoms with van der Waals surface area (Å²) in [5.41, 5.74) is 5.88. The lowest BCUT2D eigenvalue weighted by molar-refractivity contribution is 0.590. The summed E-state index contributed by atoms with van der Waals surface area (Å²) in [6, 6.07) is 19.0. The fourth-order valence-corrected chi connectivity index (χ4v) is 3.75. The Morgan fingerprint density at radius 2 is 1.64 bits per heavy atom. The Labute approximate surface area is 152 Å². The van der Waals surface area contributed by atoms with Gasteiger partial charge in [-0.15, -0.1) is 0 Å². The van der Waals surface area contributed by atoms with E-state index in [1.807, 2.05) is 29.1 Å². The van der Waals surface area contributed by atoms with E-state index in [2.05, 4.69) is 57.2 Å². The summed E-state index contributed by atoms with van der Waals surface area (Å²) in [4.78, 5) is 4.71. The van der Waals surface area contributed by atoms with E-state index in [9.17, 15) is 0 Å². The van der Waals surface area contributed by atoms with Gasteiger partial charge in [-0.25, -0.2) is 9.66 Å². The minimum Gasteiger partial charge on any atom is -0.221 e. The van der Waals surface area contributed by atoms with Crippen LogP contribution in [0.1, 0.15) is 31.9 Å². The second-order valence-corrected chi connectivity index (χ2v) is 8.22. The third kappa shape index (κ3) is 3.27. The molecule has 0 fully saturated rings. The Hall–Kier alpha value is -2.33. The van der Waals surface area contributed by atoms with Crippen molar-refractivity contribution in [3.05, 3.63) is 71.9 Å². The third-order valence-corrected chi connectivity index (χ3v) is 5.33. The first-order chi connectivity index (χ1) is 12.0. The molecule has 0 N–H and O–H groups in total. The molecule has 1 aromatic heterocycles. The number of fused-ring (bicyclic) bond motifs is 1. The summed E-state index contributed by atoms with van der Waals surface area (Å²) in [5, 5.41) is 5.76. The first-order valence-electron chi connectivity index (χ1n) is 8.47. The van der Waals surface area contributed by atoms with Crippen LogP contribution in [0.15, 0.2) is 71.1 Å². The number of imidazole rings is 1. The van der Waals surface area contributed by atoms with E-state index in [0.717, 1.165) is 27.9 Å². The molecule has 0 aliphatic carbocycles. The monoisotopic (exact) mass is 347 g/mol. The second kappa shape index (κ2) is 6.19. The van der Waals surface area contributed by atoms with E-state index >= 15 is 0 Å². The van der Waals surface area contributed by atoms with Crippen molar-refractivity contribution in [2.75, 3.05) is 5.75 Å². The SMILES string of the molecule is CC(C)(C)c1ccc(C2=Nn3cc(-c4ccccc4)nc3SC2)cc1. The maximum Gasteiger partial charge on any atom is 0.189 e. The van der Waals surface area contributed by atoms with E-state index in [1.54, 1.807) is 11.8 Å². The first-order valence-corrected chi connectivity index (χ1v) is 9.46. The van der Waals surface area contributed by atoms with Crippen LogP contribution in [0.5, 0.6) is 0 Å². The van der Waals surface area contributed by atoms with Gasteiger partial charge in [0.1, 0.15) is 0 Å². The summed E-state index contributed by atoms with van der Waals surface area (Å²) in [5.74, 6) is 0.847. The lowest BCUT2D eigenvalue weighted by atomic mass is 9.86. The number of benzene rings is 2. The molecule has 2 aromatic carbocycles. The lowest BCUT2D eigenvalue weighted by Gasteiger charge is -2.19. The molecule has 4 rings (SSSR count). The van der Waals surface area contributed by atoms with E-state index in [4.69, 9.17) is 10.1 Å². The van der Waals surface area contributed by atoms with Gasteiger partial charge in [0, 0.05) is 11.3 Å². The van der Waals surface area contributed by atoms with Crippen LogP contribution < -0.4 is 0 Å². The van der Waals surface area contributed by atoms with Gasteiger partial charge in [-0.3, -0.25) is 0 Å². The van der Waals surface area contributed by atoms with Gasteiger partial charge < -0.3 is 0 Å². The van der Waals surface area contributed by atoms with E-state index in [1.165, 1.54) is 11.1 Å². The molecule has 0 bridgehead atoms. The van der Waals surface area contributed by atoms with Crippen LogP contribution in [-0.2, 0) is 5.41 Å². The molecular weight excluding hydrogens is 326 g/mol. The maximum atomic E-state index is 4.80. The van der Waals surface area contributed by atoms with Crippen LogP contribution in [-0.4, -0.2) is 21.1 Å². The minimum absolute atomic E-state index is 0.170. The highest BCUT2D eigenvalue weighted by atomic mass is 32.2. The standard InChI is InChI=1S/C21H21N3S/c1-21(2,3)17-11-9-16(10-12-17)19-14-25-20-22-18(13-24(20)23-19)15-7-5-4-6-8-15/h4-13H,14H2,1-3H3. The average molecular weight is 347 g/mol. The third-order valence-electron chi connectivity index (χ3n) is 4.38. The van der Waals surface area contributed by atoms with Gasteiger partial charge in [0.2, 0.25) is 0 Å². The molecule has 1 aliphatic rings. The fraction of sp³-hybridized carbons (Fsp3) is 0.238. The molecule has 3 nitrogen and oxygen atoms in total. The van der Waals surface area contributed by atoms with Crippen LogP contribution in [0.2, 0.25) is 0 Å². The second-order valence-electron chi connectivity index (χ2n) is 7.28. The molecule has 0 radical (unpaired) electrons. The van der Waals surface area contributed by atoms with Crippen molar-refractivity contribution >= 4 is 17.5 Å². The van der Waals surface area contributed by atoms with Gasteiger partial charge in [0.25, 0.3) is 0 Å². The van der Waals surface area contributed by atoms with Gasteiger partial charge >= 0.3 is 0 Å². The predicted molar refractivity (Wildman–Crippen MR) is 105 cm³/mol. The van der Waals surface area contributed by atoms with Gasteiger partial charge in [0.05, 0.1) is 17.6 Å². The highest BCUT2D eigenvalue weighted by molar-refractivity contribution is 7.99. The van der Waals surface area contributed by atoms with Crippen molar-refractivity contribution in [2.45, 2.75) is 31.3 Å². The van der Waals surface area contributed by atoms with Crippen molar-refractivity contribution in [3.8, 4) is 11.3 Å². The number of aromatic nitrogens is 2. The smallest absolute Gasteiger partial charge is 0.189 e. The molecule has 0 atom stereocenters. The summed E-state index contributed by atoms with van der Waals surface area (Å²) >= 11 is 1.74. The van der Waals surface area contributed by atoms with Crippen molar-refractivity contribution in [1.82, 2.24) is 9.66 Å². The summed E-state index contributed by atoms with van der Waals surface area (Å²) in [7, 11) is 0. The van der Waals surface area contributed by atoms with Crippen LogP contribution in [0.3, 0.4) is 0 Å². The Balaban J connectivity index is 1.65. The number of nitrogens with zero attached hydrogens (tertiary/aromatic N) is 3. The topological polar surface area (TPSA) is 30.2 Å². The van der Waals surface area contributed by atoms with Crippen molar-refractivity contribution in [2.24, 2.45) is 5.10 Å². The Kier molecular flexibility index (Phi) is 4.00. The van der Waals surface area contributed by atoms with Gasteiger partial charge in [0.15, 0.2) is 5.16 Å². The molecule has 0 unspecified atom stereocenters. The van der Waals surface area contributed by atoms with Gasteiger partial charge in [-0.05, 0) is 16.5 Å². The Bertz CT molecular complexity index is 916. The molecule has 4 heteroatoms. The van der Waals surface area contributed by atoms with Crippen molar-refractivity contribution < 1.29 is 0 Å². The normalized spacial score (nSPS) is 14.1. The molecule has 0 amide bonds. The molecule has 3 aromatic rings. The highest BCUT2D eigenvalue weighted by Gasteiger charge is 2.19. The van der Waals surface area contributed by atoms with Gasteiger partial charge in [-0.2, -0.15) is 5.10 Å². The predicted octanol–water partition coefficient (Wildman–Crippen LogP) is 5.21. The summed E-state index contributed by atoms with van der Waals surface area (Å²) < 4.78 is 1.91. The zero-order chi connectivity index (χ0) is 17.4. The van der Waals surface area contributed by atoms with Gasteiger partial charge in [-0.1, -0.05) is 87.1 Å². The maximum absolute atomic E-state index is 4.80. The van der Waals surface area contributed by atoms with E-state index < -0.39 is 0 Å². The molecule has 25 heavy (non-hydrogen) atoms. The zero-order valence-electron chi connectivity index (χ0n) is 14.7. The van der Waals surface area contributed by atoms with Crippen molar-refractivity contribution in [1.29, 1.82) is 0 Å². The number of hydrogen-bond donors (Lipinski definition) is 0. The number of thioether (sulfide) groups is 1. The molecule has 0 spiro atoms. The quantitative estimate of drug-likeness (QED) is 0.637. The van der Waals surface area contributed by atoms with E-state index in [-0.39, 0.29) is 5.41 Å². The molecule has 0 saturated carbocycles. The largest absolute Gasteiger partial charge is 0.221 e. The van der Waals surface area contributed by atoms with Crippen LogP contribution >= 0.6 is 11.8 Å². The lowest BCUT2D eigenvalue weighted by Crippen LogP contribution is -2.14. The fourth-order valence-electron chi connectivity index (χ4n) is 2.87. The Morgan fingerprint density at radius 3 is 2.32 bits per heavy atom. The molecular formula is C21H21N3S. The summed E-state index contributed by atoms with van der Waals surface area (Å²) in [6.07, 6.45) is 2.01. The van der Waals surface area contributed by atoms with Crippen molar-refractivity contribution in [3.63, 3.8) is 0 Å². The van der Waals surface area contributed by atoms with Crippen LogP contribution in [0.4, 0.5) is 0 Å². The van der Waals surface area contributed by atoms with Crippen LogP contribution in [0.25, 0.3) is 11.3 Å². The van der Waals surface area contributed by atoms with E-state index in [0.29, 0.717) is 0 Å². The average Bonchev–Trinajstić information content (AvgIpc) is 3.05. The number of hydrogen-bond acceptors (Lipinski definition) is 3. The molecule has 1 aliphatic heterocycles. The zero-order valence-corrected chi connectivity index (χ0v) is 15.5. The highest BCUT2D eigenvalue weighted by Crippen LogP contribution is 2.29. The first kappa shape index (κ1) is 16.2. The molecule has 2 heterocycles. The molecule has 126 valence electrons.